The Hall–Kier alpha value is -2.98. The maximum atomic E-state index is 12.1. The molecule has 8 heteroatoms. The molecule has 0 aliphatic carbocycles. The van der Waals surface area contributed by atoms with Gasteiger partial charge in [-0.1, -0.05) is 18.5 Å². The molecule has 2 N–H and O–H groups in total. The number of halogens is 1. The van der Waals surface area contributed by atoms with E-state index in [9.17, 15) is 10.1 Å². The van der Waals surface area contributed by atoms with Crippen LogP contribution in [-0.4, -0.2) is 31.3 Å². The van der Waals surface area contributed by atoms with Crippen molar-refractivity contribution in [1.29, 1.82) is 5.26 Å². The van der Waals surface area contributed by atoms with Crippen LogP contribution in [0.5, 0.6) is 0 Å². The van der Waals surface area contributed by atoms with E-state index in [-0.39, 0.29) is 11.7 Å². The molecule has 26 heavy (non-hydrogen) atoms. The van der Waals surface area contributed by atoms with Crippen LogP contribution in [0.3, 0.4) is 0 Å². The first-order valence-corrected chi connectivity index (χ1v) is 8.45. The van der Waals surface area contributed by atoms with Crippen LogP contribution in [0.15, 0.2) is 24.7 Å². The van der Waals surface area contributed by atoms with Crippen molar-refractivity contribution in [1.82, 2.24) is 19.9 Å². The maximum Gasteiger partial charge on any atom is 0.224 e. The minimum absolute atomic E-state index is 0.0371. The molecule has 0 spiro atoms. The largest absolute Gasteiger partial charge is 0.345 e. The van der Waals surface area contributed by atoms with Gasteiger partial charge in [0.2, 0.25) is 5.95 Å². The number of aromatic nitrogens is 4. The van der Waals surface area contributed by atoms with Crippen LogP contribution in [0.4, 0.5) is 5.95 Å². The number of nitrogens with one attached hydrogen (secondary N) is 2. The molecule has 132 valence electrons. The van der Waals surface area contributed by atoms with Gasteiger partial charge in [-0.05, 0) is 19.9 Å². The summed E-state index contributed by atoms with van der Waals surface area (Å²) in [5, 5.41) is 13.7. The SMILES string of the molecule is CCC(=O)C(C)(C)Nc1ncc(C#N)c(-c2c[nH]c3ncc(Cl)cc23)n1. The molecule has 0 unspecified atom stereocenters. The molecule has 3 rings (SSSR count). The topological polar surface area (TPSA) is 107 Å². The van der Waals surface area contributed by atoms with Crippen molar-refractivity contribution in [2.75, 3.05) is 5.32 Å². The lowest BCUT2D eigenvalue weighted by Gasteiger charge is -2.24. The number of hydrogen-bond donors (Lipinski definition) is 2. The van der Waals surface area contributed by atoms with Crippen LogP contribution in [0.25, 0.3) is 22.3 Å². The summed E-state index contributed by atoms with van der Waals surface area (Å²) in [5.41, 5.74) is 1.28. The quantitative estimate of drug-likeness (QED) is 0.710. The van der Waals surface area contributed by atoms with E-state index in [0.29, 0.717) is 33.9 Å². The van der Waals surface area contributed by atoms with E-state index in [1.165, 1.54) is 6.20 Å². The lowest BCUT2D eigenvalue weighted by molar-refractivity contribution is -0.122. The summed E-state index contributed by atoms with van der Waals surface area (Å²) in [5.74, 6) is 0.310. The second-order valence-electron chi connectivity index (χ2n) is 6.35. The monoisotopic (exact) mass is 368 g/mol. The molecule has 0 saturated carbocycles. The normalized spacial score (nSPS) is 11.3. The predicted octanol–water partition coefficient (Wildman–Crippen LogP) is 3.71. The fourth-order valence-corrected chi connectivity index (χ4v) is 2.85. The number of ketones is 1. The number of carbonyl (C=O) groups excluding carboxylic acids is 1. The lowest BCUT2D eigenvalue weighted by atomic mass is 9.97. The number of H-pyrrole nitrogens is 1. The van der Waals surface area contributed by atoms with Crippen molar-refractivity contribution in [2.45, 2.75) is 32.7 Å². The molecule has 0 radical (unpaired) electrons. The summed E-state index contributed by atoms with van der Waals surface area (Å²) in [6, 6.07) is 3.86. The van der Waals surface area contributed by atoms with E-state index in [2.05, 4.69) is 31.3 Å². The molecule has 0 fully saturated rings. The van der Waals surface area contributed by atoms with Gasteiger partial charge in [0.1, 0.15) is 11.7 Å². The number of fused-ring (bicyclic) bond motifs is 1. The van der Waals surface area contributed by atoms with Crippen LogP contribution in [-0.2, 0) is 4.79 Å². The van der Waals surface area contributed by atoms with Gasteiger partial charge in [-0.15, -0.1) is 0 Å². The molecule has 0 bridgehead atoms. The summed E-state index contributed by atoms with van der Waals surface area (Å²) < 4.78 is 0. The van der Waals surface area contributed by atoms with Gasteiger partial charge in [0.25, 0.3) is 0 Å². The highest BCUT2D eigenvalue weighted by Gasteiger charge is 2.27. The Labute approximate surface area is 155 Å². The zero-order chi connectivity index (χ0) is 18.9. The van der Waals surface area contributed by atoms with Crippen LogP contribution in [0.2, 0.25) is 5.02 Å². The highest BCUT2D eigenvalue weighted by molar-refractivity contribution is 6.31. The molecule has 0 aliphatic heterocycles. The second kappa shape index (κ2) is 6.73. The number of hydrogen-bond acceptors (Lipinski definition) is 6. The average Bonchev–Trinajstić information content (AvgIpc) is 3.03. The summed E-state index contributed by atoms with van der Waals surface area (Å²) in [4.78, 5) is 28.0. The van der Waals surface area contributed by atoms with Gasteiger partial charge in [0, 0.05) is 29.8 Å². The third-order valence-electron chi connectivity index (χ3n) is 4.10. The van der Waals surface area contributed by atoms with Gasteiger partial charge in [0.15, 0.2) is 5.78 Å². The average molecular weight is 369 g/mol. The molecule has 0 aliphatic rings. The van der Waals surface area contributed by atoms with Gasteiger partial charge in [-0.2, -0.15) is 5.26 Å². The first-order chi connectivity index (χ1) is 12.4. The minimum atomic E-state index is -0.814. The molecule has 3 aromatic heterocycles. The zero-order valence-corrected chi connectivity index (χ0v) is 15.3. The van der Waals surface area contributed by atoms with Gasteiger partial charge in [-0.25, -0.2) is 15.0 Å². The molecule has 7 nitrogen and oxygen atoms in total. The number of carbonyl (C=O) groups is 1. The smallest absolute Gasteiger partial charge is 0.224 e. The van der Waals surface area contributed by atoms with Gasteiger partial charge in [0.05, 0.1) is 28.0 Å². The number of Topliss-reactive ketones (excluding diaryl/α,β-unsaturated/α-hetero) is 1. The summed E-state index contributed by atoms with van der Waals surface area (Å²) in [6.45, 7) is 5.35. The number of pyridine rings is 1. The molecular weight excluding hydrogens is 352 g/mol. The molecular formula is C18H17ClN6O. The summed E-state index contributed by atoms with van der Waals surface area (Å²) in [6.07, 6.45) is 5.11. The third kappa shape index (κ3) is 3.24. The minimum Gasteiger partial charge on any atom is -0.345 e. The van der Waals surface area contributed by atoms with Gasteiger partial charge in [-0.3, -0.25) is 4.79 Å². The van der Waals surface area contributed by atoms with Crippen LogP contribution < -0.4 is 5.32 Å². The van der Waals surface area contributed by atoms with Gasteiger partial charge >= 0.3 is 0 Å². The Balaban J connectivity index is 2.10. The van der Waals surface area contributed by atoms with Crippen molar-refractivity contribution in [2.24, 2.45) is 0 Å². The lowest BCUT2D eigenvalue weighted by Crippen LogP contribution is -2.40. The first-order valence-electron chi connectivity index (χ1n) is 8.07. The number of anilines is 1. The predicted molar refractivity (Wildman–Crippen MR) is 99.8 cm³/mol. The summed E-state index contributed by atoms with van der Waals surface area (Å²) >= 11 is 6.05. The highest BCUT2D eigenvalue weighted by atomic mass is 35.5. The number of nitrogens with zero attached hydrogens (tertiary/aromatic N) is 4. The van der Waals surface area contributed by atoms with Gasteiger partial charge < -0.3 is 10.3 Å². The van der Waals surface area contributed by atoms with E-state index >= 15 is 0 Å². The van der Waals surface area contributed by atoms with Crippen LogP contribution in [0.1, 0.15) is 32.8 Å². The van der Waals surface area contributed by atoms with Crippen molar-refractivity contribution in [3.63, 3.8) is 0 Å². The third-order valence-corrected chi connectivity index (χ3v) is 4.31. The Morgan fingerprint density at radius 3 is 2.85 bits per heavy atom. The van der Waals surface area contributed by atoms with Crippen molar-refractivity contribution < 1.29 is 4.79 Å². The molecule has 0 amide bonds. The van der Waals surface area contributed by atoms with E-state index in [1.807, 2.05) is 0 Å². The zero-order valence-electron chi connectivity index (χ0n) is 14.6. The van der Waals surface area contributed by atoms with Crippen molar-refractivity contribution in [3.05, 3.63) is 35.2 Å². The Morgan fingerprint density at radius 2 is 2.15 bits per heavy atom. The highest BCUT2D eigenvalue weighted by Crippen LogP contribution is 2.31. The molecule has 3 heterocycles. The maximum absolute atomic E-state index is 12.1. The fraction of sp³-hybridized carbons (Fsp3) is 0.278. The van der Waals surface area contributed by atoms with E-state index in [4.69, 9.17) is 11.6 Å². The number of rotatable bonds is 5. The Bertz CT molecular complexity index is 1030. The molecule has 0 atom stereocenters. The second-order valence-corrected chi connectivity index (χ2v) is 6.78. The molecule has 0 aromatic carbocycles. The number of nitriles is 1. The molecule has 0 saturated heterocycles. The van der Waals surface area contributed by atoms with Crippen LogP contribution >= 0.6 is 11.6 Å². The van der Waals surface area contributed by atoms with Crippen LogP contribution in [0, 0.1) is 11.3 Å². The van der Waals surface area contributed by atoms with E-state index in [1.54, 1.807) is 39.2 Å². The number of aromatic amines is 1. The Morgan fingerprint density at radius 1 is 1.38 bits per heavy atom. The Kier molecular flexibility index (Phi) is 4.62. The van der Waals surface area contributed by atoms with Crippen molar-refractivity contribution >= 4 is 34.4 Å². The van der Waals surface area contributed by atoms with Crippen molar-refractivity contribution in [3.8, 4) is 17.3 Å². The molecule has 3 aromatic rings. The van der Waals surface area contributed by atoms with E-state index in [0.717, 1.165) is 5.39 Å². The fourth-order valence-electron chi connectivity index (χ4n) is 2.69. The standard InChI is InChI=1S/C18H17ClN6O/c1-4-14(26)18(2,3)25-17-23-7-10(6-20)15(24-17)13-9-22-16-12(13)5-11(19)8-21-16/h5,7-9H,4H2,1-3H3,(H,21,22)(H,23,24,25). The summed E-state index contributed by atoms with van der Waals surface area (Å²) in [7, 11) is 0. The van der Waals surface area contributed by atoms with E-state index < -0.39 is 5.54 Å². The first kappa shape index (κ1) is 17.8.